The van der Waals surface area contributed by atoms with E-state index >= 15 is 0 Å². The van der Waals surface area contributed by atoms with Crippen LogP contribution in [-0.2, 0) is 9.53 Å². The number of anilines is 2. The van der Waals surface area contributed by atoms with E-state index in [-0.39, 0.29) is 17.9 Å². The fraction of sp³-hybridized carbons (Fsp3) is 0.467. The molecule has 106 valence electrons. The van der Waals surface area contributed by atoms with Gasteiger partial charge in [0.1, 0.15) is 6.04 Å². The van der Waals surface area contributed by atoms with Crippen molar-refractivity contribution >= 4 is 23.3 Å². The average Bonchev–Trinajstić information content (AvgIpc) is 3.28. The van der Waals surface area contributed by atoms with Crippen LogP contribution in [0.25, 0.3) is 0 Å². The molecule has 1 aliphatic heterocycles. The molecule has 3 rings (SSSR count). The second kappa shape index (κ2) is 4.51. The topological polar surface area (TPSA) is 49.9 Å². The molecular formula is C15H18N2O3. The van der Waals surface area contributed by atoms with E-state index in [1.807, 2.05) is 19.1 Å². The normalized spacial score (nSPS) is 21.8. The summed E-state index contributed by atoms with van der Waals surface area (Å²) in [5, 5.41) is 0. The number of benzene rings is 1. The van der Waals surface area contributed by atoms with Crippen molar-refractivity contribution in [1.29, 1.82) is 0 Å². The molecule has 1 amide bonds. The van der Waals surface area contributed by atoms with Crippen LogP contribution in [0.3, 0.4) is 0 Å². The number of esters is 1. The van der Waals surface area contributed by atoms with Gasteiger partial charge in [-0.2, -0.15) is 0 Å². The van der Waals surface area contributed by atoms with Crippen LogP contribution in [0.15, 0.2) is 18.2 Å². The predicted molar refractivity (Wildman–Crippen MR) is 76.2 cm³/mol. The lowest BCUT2D eigenvalue weighted by Crippen LogP contribution is -2.51. The molecule has 1 aliphatic carbocycles. The Morgan fingerprint density at radius 2 is 2.00 bits per heavy atom. The van der Waals surface area contributed by atoms with E-state index in [1.165, 1.54) is 7.11 Å². The number of hydrogen-bond acceptors (Lipinski definition) is 4. The second-order valence-electron chi connectivity index (χ2n) is 5.41. The zero-order valence-corrected chi connectivity index (χ0v) is 11.9. The van der Waals surface area contributed by atoms with E-state index in [1.54, 1.807) is 18.0 Å². The fourth-order valence-electron chi connectivity index (χ4n) is 2.85. The van der Waals surface area contributed by atoms with Crippen LogP contribution in [0.4, 0.5) is 11.4 Å². The maximum atomic E-state index is 12.3. The SMILES string of the molecule is COC(=O)c1ccc2c(c1)N(C1CC1)C(C)C(=O)N2C. The molecule has 0 saturated heterocycles. The van der Waals surface area contributed by atoms with E-state index in [4.69, 9.17) is 4.74 Å². The smallest absolute Gasteiger partial charge is 0.337 e. The summed E-state index contributed by atoms with van der Waals surface area (Å²) in [7, 11) is 3.15. The maximum Gasteiger partial charge on any atom is 0.337 e. The third-order valence-corrected chi connectivity index (χ3v) is 4.08. The third kappa shape index (κ3) is 1.85. The molecule has 1 heterocycles. The number of hydrogen-bond donors (Lipinski definition) is 0. The highest BCUT2D eigenvalue weighted by Gasteiger charge is 2.41. The Morgan fingerprint density at radius 3 is 2.60 bits per heavy atom. The molecule has 1 saturated carbocycles. The Morgan fingerprint density at radius 1 is 1.30 bits per heavy atom. The highest BCUT2D eigenvalue weighted by molar-refractivity contribution is 6.06. The number of methoxy groups -OCH3 is 1. The van der Waals surface area contributed by atoms with Gasteiger partial charge in [-0.15, -0.1) is 0 Å². The first-order chi connectivity index (χ1) is 9.54. The quantitative estimate of drug-likeness (QED) is 0.772. The second-order valence-corrected chi connectivity index (χ2v) is 5.41. The van der Waals surface area contributed by atoms with Crippen molar-refractivity contribution in [2.45, 2.75) is 31.8 Å². The number of likely N-dealkylation sites (N-methyl/N-ethyl adjacent to an activating group) is 1. The number of carbonyl (C=O) groups is 2. The maximum absolute atomic E-state index is 12.3. The first kappa shape index (κ1) is 13.0. The van der Waals surface area contributed by atoms with E-state index in [0.29, 0.717) is 11.6 Å². The summed E-state index contributed by atoms with van der Waals surface area (Å²) in [5.74, 6) is -0.258. The average molecular weight is 274 g/mol. The fourth-order valence-corrected chi connectivity index (χ4v) is 2.85. The van der Waals surface area contributed by atoms with Gasteiger partial charge in [-0.05, 0) is 38.0 Å². The van der Waals surface area contributed by atoms with Crippen molar-refractivity contribution < 1.29 is 14.3 Å². The van der Waals surface area contributed by atoms with Crippen molar-refractivity contribution in [3.05, 3.63) is 23.8 Å². The minimum Gasteiger partial charge on any atom is -0.465 e. The molecule has 0 N–H and O–H groups in total. The van der Waals surface area contributed by atoms with Crippen LogP contribution in [0, 0.1) is 0 Å². The molecule has 1 aromatic rings. The molecule has 2 aliphatic rings. The van der Waals surface area contributed by atoms with Crippen LogP contribution in [-0.4, -0.2) is 38.1 Å². The summed E-state index contributed by atoms with van der Waals surface area (Å²) in [4.78, 5) is 27.8. The van der Waals surface area contributed by atoms with Gasteiger partial charge in [0.25, 0.3) is 0 Å². The first-order valence-electron chi connectivity index (χ1n) is 6.83. The molecule has 0 bridgehead atoms. The van der Waals surface area contributed by atoms with E-state index < -0.39 is 0 Å². The van der Waals surface area contributed by atoms with Gasteiger partial charge in [-0.3, -0.25) is 4.79 Å². The zero-order chi connectivity index (χ0) is 14.4. The minimum atomic E-state index is -0.351. The van der Waals surface area contributed by atoms with Crippen molar-refractivity contribution in [2.75, 3.05) is 24.0 Å². The number of amides is 1. The third-order valence-electron chi connectivity index (χ3n) is 4.08. The monoisotopic (exact) mass is 274 g/mol. The Hall–Kier alpha value is -2.04. The van der Waals surface area contributed by atoms with Gasteiger partial charge < -0.3 is 14.5 Å². The minimum absolute atomic E-state index is 0.0928. The van der Waals surface area contributed by atoms with Crippen molar-refractivity contribution in [3.63, 3.8) is 0 Å². The zero-order valence-electron chi connectivity index (χ0n) is 11.9. The van der Waals surface area contributed by atoms with Gasteiger partial charge in [-0.1, -0.05) is 0 Å². The van der Waals surface area contributed by atoms with Gasteiger partial charge in [0.05, 0.1) is 24.0 Å². The molecule has 1 atom stereocenters. The van der Waals surface area contributed by atoms with Crippen LogP contribution >= 0.6 is 0 Å². The Labute approximate surface area is 118 Å². The molecule has 1 aromatic carbocycles. The number of carbonyl (C=O) groups excluding carboxylic acids is 2. The summed E-state index contributed by atoms with van der Waals surface area (Å²) in [6, 6.07) is 5.58. The summed E-state index contributed by atoms with van der Waals surface area (Å²) >= 11 is 0. The Kier molecular flexibility index (Phi) is 2.92. The number of nitrogens with zero attached hydrogens (tertiary/aromatic N) is 2. The van der Waals surface area contributed by atoms with Gasteiger partial charge in [0, 0.05) is 13.1 Å². The van der Waals surface area contributed by atoms with Crippen LogP contribution in [0.2, 0.25) is 0 Å². The Bertz CT molecular complexity index is 580. The highest BCUT2D eigenvalue weighted by atomic mass is 16.5. The lowest BCUT2D eigenvalue weighted by Gasteiger charge is -2.40. The van der Waals surface area contributed by atoms with E-state index in [0.717, 1.165) is 24.2 Å². The summed E-state index contributed by atoms with van der Waals surface area (Å²) < 4.78 is 4.78. The molecule has 0 radical (unpaired) electrons. The van der Waals surface area contributed by atoms with Gasteiger partial charge in [0.15, 0.2) is 0 Å². The van der Waals surface area contributed by atoms with Gasteiger partial charge in [0.2, 0.25) is 5.91 Å². The van der Waals surface area contributed by atoms with Crippen molar-refractivity contribution in [1.82, 2.24) is 0 Å². The number of ether oxygens (including phenoxy) is 1. The number of fused-ring (bicyclic) bond motifs is 1. The molecule has 5 heteroatoms. The summed E-state index contributed by atoms with van der Waals surface area (Å²) in [6.07, 6.45) is 2.20. The molecule has 1 fully saturated rings. The van der Waals surface area contributed by atoms with Crippen molar-refractivity contribution in [2.24, 2.45) is 0 Å². The molecular weight excluding hydrogens is 256 g/mol. The lowest BCUT2D eigenvalue weighted by atomic mass is 10.0. The summed E-state index contributed by atoms with van der Waals surface area (Å²) in [5.41, 5.74) is 2.32. The molecule has 0 spiro atoms. The van der Waals surface area contributed by atoms with Crippen LogP contribution < -0.4 is 9.80 Å². The molecule has 5 nitrogen and oxygen atoms in total. The highest BCUT2D eigenvalue weighted by Crippen LogP contribution is 2.42. The van der Waals surface area contributed by atoms with Gasteiger partial charge >= 0.3 is 5.97 Å². The van der Waals surface area contributed by atoms with Crippen molar-refractivity contribution in [3.8, 4) is 0 Å². The standard InChI is InChI=1S/C15H18N2O3/c1-9-14(18)16(2)12-7-4-10(15(19)20-3)8-13(12)17(9)11-5-6-11/h4,7-9,11H,5-6H2,1-3H3. The van der Waals surface area contributed by atoms with Crippen LogP contribution in [0.1, 0.15) is 30.1 Å². The van der Waals surface area contributed by atoms with E-state index in [9.17, 15) is 9.59 Å². The lowest BCUT2D eigenvalue weighted by molar-refractivity contribution is -0.119. The molecule has 20 heavy (non-hydrogen) atoms. The first-order valence-corrected chi connectivity index (χ1v) is 6.83. The largest absolute Gasteiger partial charge is 0.465 e. The molecule has 0 aromatic heterocycles. The number of rotatable bonds is 2. The molecule has 1 unspecified atom stereocenters. The van der Waals surface area contributed by atoms with E-state index in [2.05, 4.69) is 4.90 Å². The van der Waals surface area contributed by atoms with Gasteiger partial charge in [-0.25, -0.2) is 4.79 Å². The summed E-state index contributed by atoms with van der Waals surface area (Å²) in [6.45, 7) is 1.92. The van der Waals surface area contributed by atoms with Crippen LogP contribution in [0.5, 0.6) is 0 Å². The predicted octanol–water partition coefficient (Wildman–Crippen LogP) is 1.81. The Balaban J connectivity index is 2.10.